The molecule has 0 amide bonds. The fourth-order valence-electron chi connectivity index (χ4n) is 2.41. The lowest BCUT2D eigenvalue weighted by molar-refractivity contribution is 0.0755. The molecule has 1 aromatic heterocycles. The van der Waals surface area contributed by atoms with Crippen LogP contribution < -0.4 is 0 Å². The lowest BCUT2D eigenvalue weighted by Gasteiger charge is -2.20. The summed E-state index contributed by atoms with van der Waals surface area (Å²) in [5.41, 5.74) is 0. The Bertz CT molecular complexity index is 421. The zero-order chi connectivity index (χ0) is 13.3. The van der Waals surface area contributed by atoms with Crippen LogP contribution in [0.1, 0.15) is 48.3 Å². The SMILES string of the molecule is OCCC#Cc1ccc(COCC2CCCCC2)s1. The molecular formula is C16H22O2S. The van der Waals surface area contributed by atoms with Gasteiger partial charge in [0.1, 0.15) is 0 Å². The van der Waals surface area contributed by atoms with E-state index in [0.29, 0.717) is 13.0 Å². The standard InChI is InChI=1S/C16H22O2S/c17-11-5-4-8-15-9-10-16(19-15)13-18-12-14-6-2-1-3-7-14/h9-10,14,17H,1-3,5-7,11-13H2. The van der Waals surface area contributed by atoms with Crippen LogP contribution in [0.15, 0.2) is 12.1 Å². The fraction of sp³-hybridized carbons (Fsp3) is 0.625. The minimum atomic E-state index is 0.135. The van der Waals surface area contributed by atoms with Crippen LogP contribution in [0.5, 0.6) is 0 Å². The number of aliphatic hydroxyl groups is 1. The first-order valence-electron chi connectivity index (χ1n) is 7.14. The Balaban J connectivity index is 1.69. The van der Waals surface area contributed by atoms with E-state index in [1.807, 2.05) is 6.07 Å². The second-order valence-corrected chi connectivity index (χ2v) is 6.23. The molecule has 1 N–H and O–H groups in total. The molecule has 0 aliphatic heterocycles. The van der Waals surface area contributed by atoms with Gasteiger partial charge in [-0.2, -0.15) is 0 Å². The van der Waals surface area contributed by atoms with Crippen molar-refractivity contribution in [3.8, 4) is 11.8 Å². The Kier molecular flexibility index (Phi) is 6.43. The second kappa shape index (κ2) is 8.37. The Morgan fingerprint density at radius 1 is 1.26 bits per heavy atom. The van der Waals surface area contributed by atoms with E-state index in [0.717, 1.165) is 17.4 Å². The Labute approximate surface area is 119 Å². The number of thiophene rings is 1. The summed E-state index contributed by atoms with van der Waals surface area (Å²) < 4.78 is 5.82. The normalized spacial score (nSPS) is 16.1. The molecule has 19 heavy (non-hydrogen) atoms. The van der Waals surface area contributed by atoms with Gasteiger partial charge >= 0.3 is 0 Å². The molecule has 1 aromatic rings. The van der Waals surface area contributed by atoms with Crippen LogP contribution in [0.2, 0.25) is 0 Å². The van der Waals surface area contributed by atoms with Gasteiger partial charge < -0.3 is 9.84 Å². The Hall–Kier alpha value is -0.820. The fourth-order valence-corrected chi connectivity index (χ4v) is 3.23. The number of hydrogen-bond acceptors (Lipinski definition) is 3. The lowest BCUT2D eigenvalue weighted by Crippen LogP contribution is -2.12. The van der Waals surface area contributed by atoms with E-state index in [1.54, 1.807) is 11.3 Å². The summed E-state index contributed by atoms with van der Waals surface area (Å²) in [7, 11) is 0. The summed E-state index contributed by atoms with van der Waals surface area (Å²) in [6.07, 6.45) is 7.36. The molecule has 0 bridgehead atoms. The van der Waals surface area contributed by atoms with Gasteiger partial charge in [-0.05, 0) is 30.9 Å². The lowest BCUT2D eigenvalue weighted by atomic mass is 9.90. The molecule has 0 spiro atoms. The highest BCUT2D eigenvalue weighted by Gasteiger charge is 2.13. The van der Waals surface area contributed by atoms with Crippen LogP contribution >= 0.6 is 11.3 Å². The van der Waals surface area contributed by atoms with E-state index < -0.39 is 0 Å². The maximum absolute atomic E-state index is 8.67. The molecule has 104 valence electrons. The highest BCUT2D eigenvalue weighted by Crippen LogP contribution is 2.24. The van der Waals surface area contributed by atoms with E-state index in [4.69, 9.17) is 9.84 Å². The highest BCUT2D eigenvalue weighted by atomic mass is 32.1. The summed E-state index contributed by atoms with van der Waals surface area (Å²) in [4.78, 5) is 2.30. The number of ether oxygens (including phenoxy) is 1. The third-order valence-electron chi connectivity index (χ3n) is 3.43. The Morgan fingerprint density at radius 3 is 2.89 bits per heavy atom. The van der Waals surface area contributed by atoms with E-state index in [9.17, 15) is 0 Å². The van der Waals surface area contributed by atoms with Crippen LogP contribution in [0, 0.1) is 17.8 Å². The van der Waals surface area contributed by atoms with Gasteiger partial charge in [0.15, 0.2) is 0 Å². The molecule has 2 rings (SSSR count). The van der Waals surface area contributed by atoms with Crippen LogP contribution in [0.3, 0.4) is 0 Å². The molecular weight excluding hydrogens is 256 g/mol. The minimum Gasteiger partial charge on any atom is -0.395 e. The zero-order valence-electron chi connectivity index (χ0n) is 11.4. The first kappa shape index (κ1) is 14.6. The van der Waals surface area contributed by atoms with Crippen molar-refractivity contribution in [2.24, 2.45) is 5.92 Å². The predicted molar refractivity (Wildman–Crippen MR) is 79.1 cm³/mol. The van der Waals surface area contributed by atoms with Gasteiger partial charge in [0.25, 0.3) is 0 Å². The number of hydrogen-bond donors (Lipinski definition) is 1. The van der Waals surface area contributed by atoms with Crippen molar-refractivity contribution < 1.29 is 9.84 Å². The summed E-state index contributed by atoms with van der Waals surface area (Å²) >= 11 is 1.69. The predicted octanol–water partition coefficient (Wildman–Crippen LogP) is 3.58. The Morgan fingerprint density at radius 2 is 2.11 bits per heavy atom. The molecule has 2 nitrogen and oxygen atoms in total. The van der Waals surface area contributed by atoms with E-state index in [2.05, 4.69) is 17.9 Å². The van der Waals surface area contributed by atoms with Crippen molar-refractivity contribution in [3.05, 3.63) is 21.9 Å². The summed E-state index contributed by atoms with van der Waals surface area (Å²) in [5.74, 6) is 6.78. The molecule has 0 radical (unpaired) electrons. The third kappa shape index (κ3) is 5.36. The molecule has 0 aromatic carbocycles. The second-order valence-electron chi connectivity index (χ2n) is 5.06. The van der Waals surface area contributed by atoms with Crippen molar-refractivity contribution in [1.29, 1.82) is 0 Å². The molecule has 1 fully saturated rings. The van der Waals surface area contributed by atoms with Gasteiger partial charge in [0.2, 0.25) is 0 Å². The average Bonchev–Trinajstić information content (AvgIpc) is 2.88. The smallest absolute Gasteiger partial charge is 0.0809 e. The van der Waals surface area contributed by atoms with Crippen LogP contribution in [-0.4, -0.2) is 18.3 Å². The van der Waals surface area contributed by atoms with E-state index in [-0.39, 0.29) is 6.61 Å². The van der Waals surface area contributed by atoms with Gasteiger partial charge in [-0.15, -0.1) is 11.3 Å². The minimum absolute atomic E-state index is 0.135. The molecule has 1 heterocycles. The van der Waals surface area contributed by atoms with Gasteiger partial charge in [0.05, 0.1) is 18.1 Å². The molecule has 1 saturated carbocycles. The number of rotatable bonds is 5. The average molecular weight is 278 g/mol. The molecule has 0 saturated heterocycles. The van der Waals surface area contributed by atoms with Crippen molar-refractivity contribution in [3.63, 3.8) is 0 Å². The van der Waals surface area contributed by atoms with Gasteiger partial charge in [-0.1, -0.05) is 31.1 Å². The number of aliphatic hydroxyl groups excluding tert-OH is 1. The van der Waals surface area contributed by atoms with Crippen molar-refractivity contribution in [1.82, 2.24) is 0 Å². The molecule has 1 aliphatic carbocycles. The monoisotopic (exact) mass is 278 g/mol. The van der Waals surface area contributed by atoms with Crippen LogP contribution in [-0.2, 0) is 11.3 Å². The topological polar surface area (TPSA) is 29.5 Å². The third-order valence-corrected chi connectivity index (χ3v) is 4.41. The molecule has 1 aliphatic rings. The largest absolute Gasteiger partial charge is 0.395 e. The van der Waals surface area contributed by atoms with Crippen LogP contribution in [0.4, 0.5) is 0 Å². The van der Waals surface area contributed by atoms with E-state index in [1.165, 1.54) is 37.0 Å². The van der Waals surface area contributed by atoms with Gasteiger partial charge in [-0.3, -0.25) is 0 Å². The maximum atomic E-state index is 8.67. The first-order valence-corrected chi connectivity index (χ1v) is 7.96. The molecule has 3 heteroatoms. The van der Waals surface area contributed by atoms with Crippen molar-refractivity contribution in [2.75, 3.05) is 13.2 Å². The maximum Gasteiger partial charge on any atom is 0.0809 e. The van der Waals surface area contributed by atoms with Gasteiger partial charge in [0, 0.05) is 17.9 Å². The highest BCUT2D eigenvalue weighted by molar-refractivity contribution is 7.12. The quantitative estimate of drug-likeness (QED) is 0.834. The summed E-state index contributed by atoms with van der Waals surface area (Å²) in [5, 5.41) is 8.67. The van der Waals surface area contributed by atoms with Crippen molar-refractivity contribution in [2.45, 2.75) is 45.1 Å². The van der Waals surface area contributed by atoms with Gasteiger partial charge in [-0.25, -0.2) is 0 Å². The summed E-state index contributed by atoms with van der Waals surface area (Å²) in [6.45, 7) is 1.75. The summed E-state index contributed by atoms with van der Waals surface area (Å²) in [6, 6.07) is 4.13. The first-order chi connectivity index (χ1) is 9.38. The molecule has 0 unspecified atom stereocenters. The van der Waals surface area contributed by atoms with E-state index >= 15 is 0 Å². The van der Waals surface area contributed by atoms with Crippen LogP contribution in [0.25, 0.3) is 0 Å². The van der Waals surface area contributed by atoms with Crippen molar-refractivity contribution >= 4 is 11.3 Å². The zero-order valence-corrected chi connectivity index (χ0v) is 12.2. The molecule has 0 atom stereocenters.